The summed E-state index contributed by atoms with van der Waals surface area (Å²) >= 11 is 0. The molecule has 2 heterocycles. The standard InChI is InChI=1S/C24H25NO.C23H23N/c1-2-25-23-13-6-5-12-21(23)22-16-18(14-15-24(22)25)8-7-11-19-9-3-4-10-20(19)17-26;1-3-24-22-7-5-4-6-20(22)21-16-19(14-15-23(21)24)13-12-18-10-8-17(2)9-11-18/h3-6,9-10,12-16,26H,2,7-8,11,17H2,1H3;4-11,14-16H,3,12-13H2,1-2H3. The van der Waals surface area contributed by atoms with Gasteiger partial charge in [0.1, 0.15) is 0 Å². The average molecular weight is 657 g/mol. The van der Waals surface area contributed by atoms with Gasteiger partial charge in [-0.3, -0.25) is 0 Å². The molecule has 8 aromatic rings. The van der Waals surface area contributed by atoms with Crippen LogP contribution in [0.4, 0.5) is 0 Å². The van der Waals surface area contributed by atoms with Crippen LogP contribution in [0.15, 0.2) is 133 Å². The van der Waals surface area contributed by atoms with Crippen LogP contribution in [-0.2, 0) is 45.4 Å². The van der Waals surface area contributed by atoms with E-state index in [-0.39, 0.29) is 6.61 Å². The first-order valence-corrected chi connectivity index (χ1v) is 18.3. The second-order valence-electron chi connectivity index (χ2n) is 13.5. The highest BCUT2D eigenvalue weighted by Gasteiger charge is 2.11. The fourth-order valence-corrected chi connectivity index (χ4v) is 7.68. The summed E-state index contributed by atoms with van der Waals surface area (Å²) in [5, 5.41) is 14.9. The molecule has 0 saturated heterocycles. The first kappa shape index (κ1) is 33.4. The van der Waals surface area contributed by atoms with Gasteiger partial charge in [-0.1, -0.05) is 103 Å². The van der Waals surface area contributed by atoms with Gasteiger partial charge in [-0.25, -0.2) is 0 Å². The summed E-state index contributed by atoms with van der Waals surface area (Å²) < 4.78 is 4.81. The van der Waals surface area contributed by atoms with Crippen LogP contribution in [0.1, 0.15) is 53.6 Å². The molecular weight excluding hydrogens is 609 g/mol. The van der Waals surface area contributed by atoms with Gasteiger partial charge in [0, 0.05) is 56.7 Å². The molecule has 3 nitrogen and oxygen atoms in total. The lowest BCUT2D eigenvalue weighted by Crippen LogP contribution is -1.96. The molecule has 1 N–H and O–H groups in total. The minimum Gasteiger partial charge on any atom is -0.392 e. The van der Waals surface area contributed by atoms with Gasteiger partial charge in [0.15, 0.2) is 0 Å². The number of aromatic nitrogens is 2. The van der Waals surface area contributed by atoms with E-state index in [9.17, 15) is 5.11 Å². The van der Waals surface area contributed by atoms with Gasteiger partial charge in [0.05, 0.1) is 6.61 Å². The fourth-order valence-electron chi connectivity index (χ4n) is 7.68. The molecule has 0 atom stereocenters. The molecule has 8 rings (SSSR count). The number of benzene rings is 6. The third kappa shape index (κ3) is 6.84. The molecule has 0 aliphatic carbocycles. The Labute approximate surface area is 296 Å². The zero-order valence-corrected chi connectivity index (χ0v) is 29.7. The number of nitrogens with zero attached hydrogens (tertiary/aromatic N) is 2. The fraction of sp³-hybridized carbons (Fsp3) is 0.234. The van der Waals surface area contributed by atoms with Crippen molar-refractivity contribution in [3.8, 4) is 0 Å². The molecule has 252 valence electrons. The highest BCUT2D eigenvalue weighted by atomic mass is 16.3. The molecule has 0 amide bonds. The maximum Gasteiger partial charge on any atom is 0.0684 e. The topological polar surface area (TPSA) is 30.1 Å². The lowest BCUT2D eigenvalue weighted by molar-refractivity contribution is 0.280. The summed E-state index contributed by atoms with van der Waals surface area (Å²) in [5.74, 6) is 0. The summed E-state index contributed by atoms with van der Waals surface area (Å²) in [5.41, 5.74) is 13.2. The molecule has 0 bridgehead atoms. The van der Waals surface area contributed by atoms with Crippen LogP contribution in [0.5, 0.6) is 0 Å². The number of rotatable bonds is 10. The Morgan fingerprint density at radius 3 is 1.46 bits per heavy atom. The van der Waals surface area contributed by atoms with Crippen molar-refractivity contribution in [3.05, 3.63) is 167 Å². The number of aryl methyl sites for hydroxylation is 7. The van der Waals surface area contributed by atoms with Crippen molar-refractivity contribution >= 4 is 43.6 Å². The molecule has 0 unspecified atom stereocenters. The van der Waals surface area contributed by atoms with Crippen LogP contribution >= 0.6 is 0 Å². The first-order valence-electron chi connectivity index (χ1n) is 18.3. The summed E-state index contributed by atoms with van der Waals surface area (Å²) in [7, 11) is 0. The van der Waals surface area contributed by atoms with Crippen molar-refractivity contribution in [3.63, 3.8) is 0 Å². The van der Waals surface area contributed by atoms with Gasteiger partial charge in [0.2, 0.25) is 0 Å². The molecule has 0 radical (unpaired) electrons. The smallest absolute Gasteiger partial charge is 0.0684 e. The highest BCUT2D eigenvalue weighted by Crippen LogP contribution is 2.31. The number of aliphatic hydroxyl groups is 1. The van der Waals surface area contributed by atoms with Crippen molar-refractivity contribution in [1.29, 1.82) is 0 Å². The van der Waals surface area contributed by atoms with Crippen LogP contribution in [0.25, 0.3) is 43.6 Å². The van der Waals surface area contributed by atoms with E-state index >= 15 is 0 Å². The van der Waals surface area contributed by atoms with Crippen LogP contribution < -0.4 is 0 Å². The Bertz CT molecular complexity index is 2370. The molecule has 0 aliphatic heterocycles. The Morgan fingerprint density at radius 2 is 0.900 bits per heavy atom. The summed E-state index contributed by atoms with van der Waals surface area (Å²) in [6.45, 7) is 8.68. The predicted molar refractivity (Wildman–Crippen MR) is 213 cm³/mol. The monoisotopic (exact) mass is 656 g/mol. The highest BCUT2D eigenvalue weighted by molar-refractivity contribution is 6.09. The average Bonchev–Trinajstić information content (AvgIpc) is 3.66. The van der Waals surface area contributed by atoms with E-state index < -0.39 is 0 Å². The Morgan fingerprint density at radius 1 is 0.440 bits per heavy atom. The second-order valence-corrected chi connectivity index (χ2v) is 13.5. The minimum absolute atomic E-state index is 0.124. The van der Waals surface area contributed by atoms with Crippen molar-refractivity contribution in [1.82, 2.24) is 9.13 Å². The van der Waals surface area contributed by atoms with Crippen molar-refractivity contribution < 1.29 is 5.11 Å². The summed E-state index contributed by atoms with van der Waals surface area (Å²) in [6.07, 6.45) is 5.34. The quantitative estimate of drug-likeness (QED) is 0.156. The van der Waals surface area contributed by atoms with Crippen LogP contribution in [0.3, 0.4) is 0 Å². The van der Waals surface area contributed by atoms with Crippen LogP contribution in [-0.4, -0.2) is 14.2 Å². The molecule has 0 fully saturated rings. The van der Waals surface area contributed by atoms with Gasteiger partial charge in [0.25, 0.3) is 0 Å². The molecule has 0 spiro atoms. The van der Waals surface area contributed by atoms with Gasteiger partial charge in [-0.15, -0.1) is 0 Å². The Balaban J connectivity index is 0.000000157. The molecule has 50 heavy (non-hydrogen) atoms. The van der Waals surface area contributed by atoms with Crippen LogP contribution in [0.2, 0.25) is 0 Å². The lowest BCUT2D eigenvalue weighted by Gasteiger charge is -2.08. The normalized spacial score (nSPS) is 11.4. The number of aliphatic hydroxyl groups excluding tert-OH is 1. The Hall–Kier alpha value is -5.12. The zero-order valence-electron chi connectivity index (χ0n) is 29.7. The second kappa shape index (κ2) is 15.2. The minimum atomic E-state index is 0.124. The van der Waals surface area contributed by atoms with E-state index in [0.717, 1.165) is 50.8 Å². The third-order valence-electron chi connectivity index (χ3n) is 10.3. The summed E-state index contributed by atoms with van der Waals surface area (Å²) in [4.78, 5) is 0. The van der Waals surface area contributed by atoms with Gasteiger partial charge in [-0.2, -0.15) is 0 Å². The van der Waals surface area contributed by atoms with E-state index in [1.54, 1.807) is 0 Å². The molecule has 2 aromatic heterocycles. The largest absolute Gasteiger partial charge is 0.392 e. The summed E-state index contributed by atoms with van der Waals surface area (Å²) in [6, 6.07) is 48.4. The number of hydrogen-bond donors (Lipinski definition) is 1. The van der Waals surface area contributed by atoms with Crippen molar-refractivity contribution in [2.75, 3.05) is 0 Å². The third-order valence-corrected chi connectivity index (χ3v) is 10.3. The lowest BCUT2D eigenvalue weighted by atomic mass is 9.99. The van der Waals surface area contributed by atoms with Crippen molar-refractivity contribution in [2.45, 2.75) is 72.6 Å². The maximum absolute atomic E-state index is 9.48. The van der Waals surface area contributed by atoms with E-state index in [0.29, 0.717) is 0 Å². The molecular formula is C47H48N2O. The number of fused-ring (bicyclic) bond motifs is 6. The van der Waals surface area contributed by atoms with E-state index in [2.05, 4.69) is 151 Å². The SMILES string of the molecule is CCn1c2ccccc2c2cc(CCCc3ccccc3CO)ccc21.CCn1c2ccccc2c2cc(CCc3ccc(C)cc3)ccc21. The number of hydrogen-bond acceptors (Lipinski definition) is 1. The first-order chi connectivity index (χ1) is 24.6. The van der Waals surface area contributed by atoms with Gasteiger partial charge < -0.3 is 14.2 Å². The molecule has 0 saturated carbocycles. The maximum atomic E-state index is 9.48. The molecule has 3 heteroatoms. The van der Waals surface area contributed by atoms with E-state index in [4.69, 9.17) is 0 Å². The van der Waals surface area contributed by atoms with Gasteiger partial charge in [-0.05, 0) is 117 Å². The number of para-hydroxylation sites is 2. The van der Waals surface area contributed by atoms with Crippen molar-refractivity contribution in [2.24, 2.45) is 0 Å². The zero-order chi connectivity index (χ0) is 34.5. The van der Waals surface area contributed by atoms with E-state index in [1.165, 1.54) is 71.4 Å². The molecule has 6 aromatic carbocycles. The Kier molecular flexibility index (Phi) is 10.1. The van der Waals surface area contributed by atoms with Gasteiger partial charge >= 0.3 is 0 Å². The van der Waals surface area contributed by atoms with Crippen LogP contribution in [0, 0.1) is 6.92 Å². The molecule has 0 aliphatic rings. The van der Waals surface area contributed by atoms with E-state index in [1.807, 2.05) is 12.1 Å². The predicted octanol–water partition coefficient (Wildman–Crippen LogP) is 11.4.